The number of carbonyl (C=O) groups excluding carboxylic acids is 1. The van der Waals surface area contributed by atoms with Crippen LogP contribution in [-0.2, 0) is 14.8 Å². The maximum absolute atomic E-state index is 14.2. The first-order valence-corrected chi connectivity index (χ1v) is 12.8. The van der Waals surface area contributed by atoms with Crippen LogP contribution in [0.15, 0.2) is 78.1 Å². The number of benzene rings is 1. The first-order valence-electron chi connectivity index (χ1n) is 11.0. The molecular formula is C26H19ClFN5O3S. The molecule has 0 aliphatic carbocycles. The zero-order chi connectivity index (χ0) is 26.3. The van der Waals surface area contributed by atoms with E-state index in [1.54, 1.807) is 24.3 Å². The van der Waals surface area contributed by atoms with Crippen molar-refractivity contribution in [2.24, 2.45) is 0 Å². The van der Waals surface area contributed by atoms with Gasteiger partial charge in [-0.05, 0) is 49.4 Å². The zero-order valence-corrected chi connectivity index (χ0v) is 21.2. The molecule has 0 aliphatic heterocycles. The van der Waals surface area contributed by atoms with Gasteiger partial charge in [0.25, 0.3) is 10.0 Å². The van der Waals surface area contributed by atoms with Crippen molar-refractivity contribution in [3.63, 3.8) is 0 Å². The molecule has 0 fully saturated rings. The Balaban J connectivity index is 1.93. The van der Waals surface area contributed by atoms with Crippen molar-refractivity contribution in [3.8, 4) is 22.5 Å². The summed E-state index contributed by atoms with van der Waals surface area (Å²) in [7, 11) is -4.20. The third-order valence-electron chi connectivity index (χ3n) is 5.61. The van der Waals surface area contributed by atoms with Crippen LogP contribution >= 0.6 is 11.6 Å². The van der Waals surface area contributed by atoms with Gasteiger partial charge in [0.1, 0.15) is 11.6 Å². The third-order valence-corrected chi connectivity index (χ3v) is 7.54. The fraction of sp³-hybridized carbons (Fsp3) is 0.0769. The predicted molar refractivity (Wildman–Crippen MR) is 139 cm³/mol. The van der Waals surface area contributed by atoms with Gasteiger partial charge in [-0.25, -0.2) is 21.8 Å². The molecule has 5 aromatic rings. The fourth-order valence-electron chi connectivity index (χ4n) is 4.03. The number of pyridine rings is 3. The fourth-order valence-corrected chi connectivity index (χ4v) is 5.71. The number of hydrogen-bond donors (Lipinski definition) is 1. The number of anilines is 1. The Labute approximate surface area is 216 Å². The van der Waals surface area contributed by atoms with Crippen LogP contribution < -0.4 is 5.32 Å². The van der Waals surface area contributed by atoms with Crippen molar-refractivity contribution in [3.05, 3.63) is 89.6 Å². The monoisotopic (exact) mass is 535 g/mol. The lowest BCUT2D eigenvalue weighted by atomic mass is 10.0. The van der Waals surface area contributed by atoms with E-state index < -0.39 is 15.8 Å². The summed E-state index contributed by atoms with van der Waals surface area (Å²) >= 11 is 6.27. The highest BCUT2D eigenvalue weighted by Gasteiger charge is 2.30. The summed E-state index contributed by atoms with van der Waals surface area (Å²) < 4.78 is 43.2. The summed E-state index contributed by atoms with van der Waals surface area (Å²) in [6.07, 6.45) is 3.89. The molecule has 0 bridgehead atoms. The van der Waals surface area contributed by atoms with E-state index in [1.807, 2.05) is 6.92 Å². The molecule has 4 heterocycles. The average Bonchev–Trinajstić information content (AvgIpc) is 3.19. The minimum atomic E-state index is -4.20. The molecule has 5 rings (SSSR count). The molecule has 1 amide bonds. The van der Waals surface area contributed by atoms with Gasteiger partial charge < -0.3 is 5.32 Å². The lowest BCUT2D eigenvalue weighted by Gasteiger charge is -2.14. The number of amides is 1. The number of nitrogens with zero attached hydrogens (tertiary/aromatic N) is 4. The minimum Gasteiger partial charge on any atom is -0.311 e. The molecule has 0 spiro atoms. The molecule has 0 unspecified atom stereocenters. The second-order valence-electron chi connectivity index (χ2n) is 8.30. The van der Waals surface area contributed by atoms with Gasteiger partial charge in [-0.3, -0.25) is 14.8 Å². The van der Waals surface area contributed by atoms with Crippen molar-refractivity contribution in [2.45, 2.75) is 18.7 Å². The van der Waals surface area contributed by atoms with Crippen LogP contribution in [0.2, 0.25) is 5.02 Å². The van der Waals surface area contributed by atoms with Crippen LogP contribution in [0.1, 0.15) is 12.5 Å². The summed E-state index contributed by atoms with van der Waals surface area (Å²) in [5.41, 5.74) is 2.66. The van der Waals surface area contributed by atoms with Crippen molar-refractivity contribution < 1.29 is 17.6 Å². The zero-order valence-electron chi connectivity index (χ0n) is 19.6. The predicted octanol–water partition coefficient (Wildman–Crippen LogP) is 5.46. The second kappa shape index (κ2) is 9.38. The lowest BCUT2D eigenvalue weighted by Crippen LogP contribution is -2.15. The summed E-state index contributed by atoms with van der Waals surface area (Å²) in [5, 5.41) is 2.84. The first kappa shape index (κ1) is 24.5. The van der Waals surface area contributed by atoms with Crippen molar-refractivity contribution >= 4 is 44.4 Å². The Bertz CT molecular complexity index is 1770. The van der Waals surface area contributed by atoms with Gasteiger partial charge in [0.2, 0.25) is 5.91 Å². The van der Waals surface area contributed by atoms with Crippen LogP contribution in [-0.4, -0.2) is 33.2 Å². The number of halogens is 2. The minimum absolute atomic E-state index is 0.0472. The number of hydrogen-bond acceptors (Lipinski definition) is 6. The highest BCUT2D eigenvalue weighted by atomic mass is 35.5. The lowest BCUT2D eigenvalue weighted by molar-refractivity contribution is -0.114. The summed E-state index contributed by atoms with van der Waals surface area (Å²) in [5.74, 6) is -0.668. The van der Waals surface area contributed by atoms with Crippen molar-refractivity contribution in [2.75, 3.05) is 5.32 Å². The SMILES string of the molecule is CC(=O)Nc1cc(-c2c(-c3ccc(F)cn3)c3ncc(Cl)cc3n2S(=O)(=O)c2ccc(C)cc2)ccn1. The van der Waals surface area contributed by atoms with E-state index in [0.29, 0.717) is 22.3 Å². The third kappa shape index (κ3) is 4.56. The highest BCUT2D eigenvalue weighted by molar-refractivity contribution is 7.90. The van der Waals surface area contributed by atoms with Crippen LogP contribution in [0.25, 0.3) is 33.5 Å². The molecule has 0 atom stereocenters. The first-order chi connectivity index (χ1) is 17.6. The van der Waals surface area contributed by atoms with E-state index in [2.05, 4.69) is 20.3 Å². The molecule has 4 aromatic heterocycles. The number of carbonyl (C=O) groups is 1. The Morgan fingerprint density at radius 1 is 1.00 bits per heavy atom. The molecule has 186 valence electrons. The molecule has 0 radical (unpaired) electrons. The molecular weight excluding hydrogens is 517 g/mol. The van der Waals surface area contributed by atoms with Crippen LogP contribution in [0.5, 0.6) is 0 Å². The molecule has 8 nitrogen and oxygen atoms in total. The molecule has 0 saturated carbocycles. The van der Waals surface area contributed by atoms with Gasteiger partial charge in [0.05, 0.1) is 44.1 Å². The number of nitrogens with one attached hydrogen (secondary N) is 1. The average molecular weight is 536 g/mol. The maximum atomic E-state index is 14.2. The smallest absolute Gasteiger partial charge is 0.268 e. The Morgan fingerprint density at radius 2 is 1.76 bits per heavy atom. The number of fused-ring (bicyclic) bond motifs is 1. The summed E-state index contributed by atoms with van der Waals surface area (Å²) in [4.78, 5) is 24.5. The Kier molecular flexibility index (Phi) is 6.22. The van der Waals surface area contributed by atoms with Gasteiger partial charge in [-0.15, -0.1) is 0 Å². The van der Waals surface area contributed by atoms with Gasteiger partial charge in [0, 0.05) is 24.9 Å². The van der Waals surface area contributed by atoms with E-state index >= 15 is 0 Å². The normalized spacial score (nSPS) is 11.6. The van der Waals surface area contributed by atoms with Gasteiger partial charge in [-0.2, -0.15) is 0 Å². The number of aryl methyl sites for hydroxylation is 1. The molecule has 37 heavy (non-hydrogen) atoms. The second-order valence-corrected chi connectivity index (χ2v) is 10.5. The van der Waals surface area contributed by atoms with Crippen LogP contribution in [0, 0.1) is 12.7 Å². The van der Waals surface area contributed by atoms with Crippen LogP contribution in [0.3, 0.4) is 0 Å². The molecule has 1 N–H and O–H groups in total. The van der Waals surface area contributed by atoms with E-state index in [9.17, 15) is 17.6 Å². The molecule has 0 saturated heterocycles. The standard InChI is InChI=1S/C26H19ClFN5O3S/c1-15-3-6-20(7-4-15)37(35,36)33-22-12-18(27)13-31-25(22)24(21-8-5-19(28)14-30-21)26(33)17-9-10-29-23(11-17)32-16(2)34/h3-14H,1-2H3,(H,29,32,34). The van der Waals surface area contributed by atoms with Crippen molar-refractivity contribution in [1.82, 2.24) is 18.9 Å². The van der Waals surface area contributed by atoms with Crippen molar-refractivity contribution in [1.29, 1.82) is 0 Å². The van der Waals surface area contributed by atoms with E-state index in [4.69, 9.17) is 11.6 Å². The van der Waals surface area contributed by atoms with Gasteiger partial charge in [0.15, 0.2) is 0 Å². The summed E-state index contributed by atoms with van der Waals surface area (Å²) in [6.45, 7) is 3.20. The maximum Gasteiger partial charge on any atom is 0.268 e. The largest absolute Gasteiger partial charge is 0.311 e. The highest BCUT2D eigenvalue weighted by Crippen LogP contribution is 2.42. The number of aromatic nitrogens is 4. The number of rotatable bonds is 5. The quantitative estimate of drug-likeness (QED) is 0.320. The Morgan fingerprint density at radius 3 is 2.43 bits per heavy atom. The van der Waals surface area contributed by atoms with Gasteiger partial charge in [-0.1, -0.05) is 29.3 Å². The van der Waals surface area contributed by atoms with Gasteiger partial charge >= 0.3 is 0 Å². The molecule has 0 aliphatic rings. The van der Waals surface area contributed by atoms with Crippen LogP contribution in [0.4, 0.5) is 10.2 Å². The van der Waals surface area contributed by atoms with E-state index in [0.717, 1.165) is 15.7 Å². The Hall–Kier alpha value is -4.15. The molecule has 11 heteroatoms. The van der Waals surface area contributed by atoms with E-state index in [-0.39, 0.29) is 32.9 Å². The topological polar surface area (TPSA) is 107 Å². The molecule has 1 aromatic carbocycles. The van der Waals surface area contributed by atoms with E-state index in [1.165, 1.54) is 49.6 Å². The summed E-state index contributed by atoms with van der Waals surface area (Å²) in [6, 6.07) is 13.8.